The zero-order chi connectivity index (χ0) is 11.1. The summed E-state index contributed by atoms with van der Waals surface area (Å²) in [7, 11) is 0. The number of hydrogen-bond acceptors (Lipinski definition) is 2. The Balaban J connectivity index is 1.90. The van der Waals surface area contributed by atoms with Crippen LogP contribution in [0.3, 0.4) is 0 Å². The van der Waals surface area contributed by atoms with Gasteiger partial charge in [0.1, 0.15) is 0 Å². The van der Waals surface area contributed by atoms with Crippen LogP contribution >= 0.6 is 11.6 Å². The third-order valence-corrected chi connectivity index (χ3v) is 3.48. The maximum absolute atomic E-state index is 11.7. The lowest BCUT2D eigenvalue weighted by Gasteiger charge is -2.22. The Labute approximate surface area is 98.9 Å². The number of nitrogens with zero attached hydrogens (tertiary/aromatic N) is 1. The highest BCUT2D eigenvalue weighted by atomic mass is 35.5. The van der Waals surface area contributed by atoms with Crippen molar-refractivity contribution in [3.05, 3.63) is 34.9 Å². The van der Waals surface area contributed by atoms with E-state index >= 15 is 0 Å². The largest absolute Gasteiger partial charge is 0.352 e. The molecule has 2 atom stereocenters. The lowest BCUT2D eigenvalue weighted by atomic mass is 10.2. The summed E-state index contributed by atoms with van der Waals surface area (Å²) in [6, 6.07) is 7.76. The van der Waals surface area contributed by atoms with Gasteiger partial charge in [-0.2, -0.15) is 0 Å². The molecule has 16 heavy (non-hydrogen) atoms. The predicted octanol–water partition coefficient (Wildman–Crippen LogP) is 2.36. The summed E-state index contributed by atoms with van der Waals surface area (Å²) in [6.45, 7) is 0.652. The van der Waals surface area contributed by atoms with Crippen LogP contribution in [0.1, 0.15) is 24.6 Å². The van der Waals surface area contributed by atoms with Crippen LogP contribution in [0.5, 0.6) is 0 Å². The quantitative estimate of drug-likeness (QED) is 0.751. The minimum absolute atomic E-state index is 0.197. The molecule has 2 saturated heterocycles. The number of carbonyl (C=O) groups excluding carboxylic acids is 1. The van der Waals surface area contributed by atoms with E-state index in [-0.39, 0.29) is 18.2 Å². The number of halogens is 1. The Morgan fingerprint density at radius 2 is 2.06 bits per heavy atom. The molecule has 0 N–H and O–H groups in total. The summed E-state index contributed by atoms with van der Waals surface area (Å²) >= 11 is 5.84. The van der Waals surface area contributed by atoms with Gasteiger partial charge in [-0.1, -0.05) is 23.7 Å². The third-order valence-electron chi connectivity index (χ3n) is 3.23. The molecule has 3 nitrogen and oxygen atoms in total. The van der Waals surface area contributed by atoms with Crippen molar-refractivity contribution in [2.24, 2.45) is 0 Å². The topological polar surface area (TPSA) is 29.5 Å². The maximum Gasteiger partial charge on any atom is 0.225 e. The maximum atomic E-state index is 11.7. The Morgan fingerprint density at radius 3 is 2.81 bits per heavy atom. The molecule has 84 valence electrons. The first-order valence-electron chi connectivity index (χ1n) is 5.44. The van der Waals surface area contributed by atoms with Crippen molar-refractivity contribution < 1.29 is 9.53 Å². The minimum atomic E-state index is -0.211. The molecule has 0 spiro atoms. The smallest absolute Gasteiger partial charge is 0.225 e. The van der Waals surface area contributed by atoms with Crippen molar-refractivity contribution in [3.8, 4) is 0 Å². The lowest BCUT2D eigenvalue weighted by Crippen LogP contribution is -2.30. The van der Waals surface area contributed by atoms with Crippen LogP contribution in [0.25, 0.3) is 0 Å². The highest BCUT2D eigenvalue weighted by Crippen LogP contribution is 2.37. The first kappa shape index (κ1) is 10.1. The van der Waals surface area contributed by atoms with Gasteiger partial charge in [-0.3, -0.25) is 4.79 Å². The van der Waals surface area contributed by atoms with Gasteiger partial charge in [0.05, 0.1) is 12.6 Å². The highest BCUT2D eigenvalue weighted by molar-refractivity contribution is 6.30. The van der Waals surface area contributed by atoms with Crippen molar-refractivity contribution >= 4 is 17.5 Å². The molecule has 0 saturated carbocycles. The lowest BCUT2D eigenvalue weighted by molar-refractivity contribution is -0.134. The van der Waals surface area contributed by atoms with Gasteiger partial charge in [-0.15, -0.1) is 0 Å². The Morgan fingerprint density at radius 1 is 1.31 bits per heavy atom. The highest BCUT2D eigenvalue weighted by Gasteiger charge is 2.42. The van der Waals surface area contributed by atoms with Gasteiger partial charge in [-0.25, -0.2) is 0 Å². The van der Waals surface area contributed by atoms with E-state index in [0.717, 1.165) is 12.0 Å². The second kappa shape index (κ2) is 3.75. The number of hydrogen-bond donors (Lipinski definition) is 0. The Kier molecular flexibility index (Phi) is 2.37. The summed E-state index contributed by atoms with van der Waals surface area (Å²) in [6.07, 6.45) is 1.36. The van der Waals surface area contributed by atoms with Gasteiger partial charge in [0.15, 0.2) is 6.23 Å². The van der Waals surface area contributed by atoms with E-state index in [1.807, 2.05) is 29.2 Å². The molecule has 0 bridgehead atoms. The van der Waals surface area contributed by atoms with Crippen LogP contribution in [0.4, 0.5) is 0 Å². The zero-order valence-electron chi connectivity index (χ0n) is 8.73. The van der Waals surface area contributed by atoms with Crippen LogP contribution in [-0.4, -0.2) is 23.5 Å². The standard InChI is InChI=1S/C12H12ClNO2/c13-9-3-1-8(2-4-9)12-14-10(7-16-12)5-6-11(14)15/h1-4,10,12H,5-7H2/t10-,12+/m0/s1. The van der Waals surface area contributed by atoms with E-state index in [9.17, 15) is 4.79 Å². The van der Waals surface area contributed by atoms with Crippen LogP contribution in [0, 0.1) is 0 Å². The predicted molar refractivity (Wildman–Crippen MR) is 60.0 cm³/mol. The van der Waals surface area contributed by atoms with E-state index in [4.69, 9.17) is 16.3 Å². The first-order valence-corrected chi connectivity index (χ1v) is 5.82. The summed E-state index contributed by atoms with van der Waals surface area (Å²) in [4.78, 5) is 13.6. The molecule has 2 fully saturated rings. The average Bonchev–Trinajstić information content (AvgIpc) is 2.84. The van der Waals surface area contributed by atoms with Gasteiger partial charge in [0.2, 0.25) is 5.91 Å². The van der Waals surface area contributed by atoms with Crippen molar-refractivity contribution in [3.63, 3.8) is 0 Å². The number of rotatable bonds is 1. The van der Waals surface area contributed by atoms with E-state index in [1.165, 1.54) is 0 Å². The summed E-state index contributed by atoms with van der Waals surface area (Å²) in [5.41, 5.74) is 1.00. The summed E-state index contributed by atoms with van der Waals surface area (Å²) in [5.74, 6) is 0.197. The number of benzene rings is 1. The van der Waals surface area contributed by atoms with Crippen LogP contribution in [-0.2, 0) is 9.53 Å². The second-order valence-corrected chi connectivity index (χ2v) is 4.67. The van der Waals surface area contributed by atoms with Crippen molar-refractivity contribution in [2.45, 2.75) is 25.1 Å². The van der Waals surface area contributed by atoms with E-state index in [0.29, 0.717) is 18.1 Å². The summed E-state index contributed by atoms with van der Waals surface area (Å²) in [5, 5.41) is 0.700. The molecule has 2 aliphatic rings. The number of ether oxygens (including phenoxy) is 1. The molecule has 2 aliphatic heterocycles. The SMILES string of the molecule is O=C1CC[C@H]2CO[C@H](c3ccc(Cl)cc3)N12. The minimum Gasteiger partial charge on any atom is -0.352 e. The average molecular weight is 238 g/mol. The molecule has 1 amide bonds. The molecule has 1 aromatic carbocycles. The Hall–Kier alpha value is -1.06. The molecule has 0 unspecified atom stereocenters. The van der Waals surface area contributed by atoms with Crippen molar-refractivity contribution in [2.75, 3.05) is 6.61 Å². The van der Waals surface area contributed by atoms with Gasteiger partial charge < -0.3 is 9.64 Å². The molecule has 2 heterocycles. The number of carbonyl (C=O) groups is 1. The van der Waals surface area contributed by atoms with Gasteiger partial charge in [0, 0.05) is 17.0 Å². The molecular formula is C12H12ClNO2. The van der Waals surface area contributed by atoms with Crippen molar-refractivity contribution in [1.29, 1.82) is 0 Å². The molecule has 3 rings (SSSR count). The van der Waals surface area contributed by atoms with E-state index in [1.54, 1.807) is 0 Å². The fourth-order valence-electron chi connectivity index (χ4n) is 2.41. The molecule has 0 radical (unpaired) electrons. The number of amides is 1. The van der Waals surface area contributed by atoms with Crippen LogP contribution in [0.2, 0.25) is 5.02 Å². The molecular weight excluding hydrogens is 226 g/mol. The van der Waals surface area contributed by atoms with Gasteiger partial charge >= 0.3 is 0 Å². The van der Waals surface area contributed by atoms with Gasteiger partial charge in [-0.05, 0) is 18.6 Å². The van der Waals surface area contributed by atoms with E-state index in [2.05, 4.69) is 0 Å². The van der Waals surface area contributed by atoms with Crippen molar-refractivity contribution in [1.82, 2.24) is 4.90 Å². The van der Waals surface area contributed by atoms with Gasteiger partial charge in [0.25, 0.3) is 0 Å². The monoisotopic (exact) mass is 237 g/mol. The molecule has 4 heteroatoms. The fraction of sp³-hybridized carbons (Fsp3) is 0.417. The first-order chi connectivity index (χ1) is 7.75. The Bertz CT molecular complexity index is 418. The van der Waals surface area contributed by atoms with Crippen LogP contribution < -0.4 is 0 Å². The van der Waals surface area contributed by atoms with Crippen LogP contribution in [0.15, 0.2) is 24.3 Å². The number of fused-ring (bicyclic) bond motifs is 1. The summed E-state index contributed by atoms with van der Waals surface area (Å²) < 4.78 is 5.68. The third kappa shape index (κ3) is 1.51. The fourth-order valence-corrected chi connectivity index (χ4v) is 2.54. The zero-order valence-corrected chi connectivity index (χ0v) is 9.48. The normalized spacial score (nSPS) is 28.6. The van der Waals surface area contributed by atoms with E-state index < -0.39 is 0 Å². The molecule has 0 aromatic heterocycles. The second-order valence-electron chi connectivity index (χ2n) is 4.23. The molecule has 1 aromatic rings. The molecule has 0 aliphatic carbocycles.